The van der Waals surface area contributed by atoms with E-state index >= 15 is 0 Å². The second-order valence-corrected chi connectivity index (χ2v) is 7.39. The van der Waals surface area contributed by atoms with Crippen molar-refractivity contribution in [3.8, 4) is 0 Å². The zero-order chi connectivity index (χ0) is 13.7. The summed E-state index contributed by atoms with van der Waals surface area (Å²) >= 11 is 0. The van der Waals surface area contributed by atoms with Gasteiger partial charge in [0.15, 0.2) is 0 Å². The molecular weight excluding hydrogens is 246 g/mol. The van der Waals surface area contributed by atoms with Crippen LogP contribution in [0.4, 0.5) is 0 Å². The quantitative estimate of drug-likeness (QED) is 0.785. The Labute approximate surface area is 121 Å². The molecule has 0 amide bonds. The summed E-state index contributed by atoms with van der Waals surface area (Å²) in [6.45, 7) is 6.96. The highest BCUT2D eigenvalue weighted by molar-refractivity contribution is 5.19. The highest BCUT2D eigenvalue weighted by Crippen LogP contribution is 2.60. The van der Waals surface area contributed by atoms with E-state index in [0.717, 1.165) is 36.5 Å². The third-order valence-electron chi connectivity index (χ3n) is 5.97. The lowest BCUT2D eigenvalue weighted by Gasteiger charge is -2.56. The van der Waals surface area contributed by atoms with Gasteiger partial charge < -0.3 is 4.57 Å². The third kappa shape index (κ3) is 1.71. The van der Waals surface area contributed by atoms with Crippen molar-refractivity contribution in [3.63, 3.8) is 0 Å². The molecule has 3 heteroatoms. The molecule has 0 aliphatic heterocycles. The Kier molecular flexibility index (Phi) is 2.80. The molecule has 5 rings (SSSR count). The summed E-state index contributed by atoms with van der Waals surface area (Å²) in [7, 11) is 0. The lowest BCUT2D eigenvalue weighted by atomic mass is 9.49. The van der Waals surface area contributed by atoms with E-state index in [9.17, 15) is 0 Å². The molecule has 4 aliphatic carbocycles. The summed E-state index contributed by atoms with van der Waals surface area (Å²) in [5.74, 6) is 5.30. The molecule has 1 heterocycles. The van der Waals surface area contributed by atoms with Gasteiger partial charge in [-0.05, 0) is 56.3 Å². The number of hydrogen-bond donors (Lipinski definition) is 0. The third-order valence-corrected chi connectivity index (χ3v) is 5.97. The van der Waals surface area contributed by atoms with E-state index in [1.54, 1.807) is 0 Å². The molecule has 0 saturated heterocycles. The van der Waals surface area contributed by atoms with Gasteiger partial charge in [-0.15, -0.1) is 16.8 Å². The van der Waals surface area contributed by atoms with E-state index in [-0.39, 0.29) is 0 Å². The molecule has 4 bridgehead atoms. The Hall–Kier alpha value is -1.12. The first kappa shape index (κ1) is 12.6. The van der Waals surface area contributed by atoms with Gasteiger partial charge >= 0.3 is 0 Å². The normalized spacial score (nSPS) is 38.4. The predicted octanol–water partition coefficient (Wildman–Crippen LogP) is 3.49. The van der Waals surface area contributed by atoms with E-state index in [4.69, 9.17) is 0 Å². The van der Waals surface area contributed by atoms with Crippen LogP contribution in [0.15, 0.2) is 12.7 Å². The summed E-state index contributed by atoms with van der Waals surface area (Å²) in [4.78, 5) is 0. The minimum absolute atomic E-state index is 0.345. The number of aromatic nitrogens is 3. The molecule has 108 valence electrons. The molecule has 1 aromatic heterocycles. The molecule has 1 aromatic rings. The molecule has 0 unspecified atom stereocenters. The van der Waals surface area contributed by atoms with Crippen LogP contribution in [0.2, 0.25) is 0 Å². The van der Waals surface area contributed by atoms with Crippen LogP contribution in [0, 0.1) is 17.8 Å². The van der Waals surface area contributed by atoms with Crippen LogP contribution in [-0.2, 0) is 18.4 Å². The monoisotopic (exact) mass is 271 g/mol. The van der Waals surface area contributed by atoms with Crippen molar-refractivity contribution in [3.05, 3.63) is 24.3 Å². The van der Waals surface area contributed by atoms with Crippen molar-refractivity contribution in [2.45, 2.75) is 63.8 Å². The number of hydrogen-bond acceptors (Lipinski definition) is 2. The highest BCUT2D eigenvalue weighted by Gasteiger charge is 2.53. The maximum absolute atomic E-state index is 4.66. The van der Waals surface area contributed by atoms with Gasteiger partial charge in [-0.25, -0.2) is 0 Å². The minimum Gasteiger partial charge on any atom is -0.311 e. The highest BCUT2D eigenvalue weighted by atomic mass is 15.3. The average Bonchev–Trinajstić information content (AvgIpc) is 2.81. The largest absolute Gasteiger partial charge is 0.311 e. The van der Waals surface area contributed by atoms with Crippen molar-refractivity contribution in [1.29, 1.82) is 0 Å². The maximum Gasteiger partial charge on any atom is 0.139 e. The van der Waals surface area contributed by atoms with Gasteiger partial charge in [-0.3, -0.25) is 0 Å². The Morgan fingerprint density at radius 1 is 1.15 bits per heavy atom. The Bertz CT molecular complexity index is 493. The van der Waals surface area contributed by atoms with E-state index < -0.39 is 0 Å². The van der Waals surface area contributed by atoms with Crippen molar-refractivity contribution in [2.24, 2.45) is 17.8 Å². The lowest BCUT2D eigenvalue weighted by molar-refractivity contribution is -0.0110. The smallest absolute Gasteiger partial charge is 0.139 e. The van der Waals surface area contributed by atoms with Crippen molar-refractivity contribution >= 4 is 0 Å². The minimum atomic E-state index is 0.345. The van der Waals surface area contributed by atoms with Gasteiger partial charge in [0.25, 0.3) is 0 Å². The van der Waals surface area contributed by atoms with Crippen LogP contribution in [0.3, 0.4) is 0 Å². The Balaban J connectivity index is 1.76. The fourth-order valence-electron chi connectivity index (χ4n) is 5.69. The van der Waals surface area contributed by atoms with Gasteiger partial charge in [0.1, 0.15) is 11.6 Å². The molecule has 0 N–H and O–H groups in total. The van der Waals surface area contributed by atoms with E-state index in [2.05, 4.69) is 28.3 Å². The Morgan fingerprint density at radius 3 is 2.25 bits per heavy atom. The molecule has 4 aliphatic rings. The SMILES string of the molecule is C=CCn1c(CC)nnc1C12CC3CC(CC(C3)C1)C2. The fraction of sp³-hybridized carbons (Fsp3) is 0.765. The molecule has 4 saturated carbocycles. The van der Waals surface area contributed by atoms with Crippen LogP contribution in [-0.4, -0.2) is 14.8 Å². The van der Waals surface area contributed by atoms with Crippen LogP contribution >= 0.6 is 0 Å². The van der Waals surface area contributed by atoms with Crippen molar-refractivity contribution < 1.29 is 0 Å². The number of aryl methyl sites for hydroxylation is 1. The molecule has 4 fully saturated rings. The first-order valence-electron chi connectivity index (χ1n) is 8.27. The maximum atomic E-state index is 4.66. The first-order valence-corrected chi connectivity index (χ1v) is 8.27. The molecule has 20 heavy (non-hydrogen) atoms. The van der Waals surface area contributed by atoms with Crippen LogP contribution in [0.25, 0.3) is 0 Å². The molecule has 3 nitrogen and oxygen atoms in total. The number of rotatable bonds is 4. The van der Waals surface area contributed by atoms with Crippen molar-refractivity contribution in [2.75, 3.05) is 0 Å². The average molecular weight is 271 g/mol. The summed E-state index contributed by atoms with van der Waals surface area (Å²) in [6.07, 6.45) is 11.5. The Morgan fingerprint density at radius 2 is 1.75 bits per heavy atom. The number of nitrogens with zero attached hydrogens (tertiary/aromatic N) is 3. The molecule has 0 radical (unpaired) electrons. The van der Waals surface area contributed by atoms with Crippen LogP contribution in [0.5, 0.6) is 0 Å². The zero-order valence-electron chi connectivity index (χ0n) is 12.5. The second-order valence-electron chi connectivity index (χ2n) is 7.39. The first-order chi connectivity index (χ1) is 9.74. The van der Waals surface area contributed by atoms with Gasteiger partial charge in [-0.2, -0.15) is 0 Å². The van der Waals surface area contributed by atoms with E-state index in [1.807, 2.05) is 6.08 Å². The molecular formula is C17H25N3. The van der Waals surface area contributed by atoms with E-state index in [1.165, 1.54) is 44.3 Å². The molecule has 0 atom stereocenters. The predicted molar refractivity (Wildman–Crippen MR) is 79.4 cm³/mol. The molecule has 0 aromatic carbocycles. The summed E-state index contributed by atoms with van der Waals surface area (Å²) in [5.41, 5.74) is 0.345. The summed E-state index contributed by atoms with van der Waals surface area (Å²) in [6, 6.07) is 0. The zero-order valence-corrected chi connectivity index (χ0v) is 12.5. The summed E-state index contributed by atoms with van der Waals surface area (Å²) < 4.78 is 2.36. The van der Waals surface area contributed by atoms with Gasteiger partial charge in [0.05, 0.1) is 0 Å². The summed E-state index contributed by atoms with van der Waals surface area (Å²) in [5, 5.41) is 9.14. The van der Waals surface area contributed by atoms with E-state index in [0.29, 0.717) is 5.41 Å². The van der Waals surface area contributed by atoms with Gasteiger partial charge in [-0.1, -0.05) is 13.0 Å². The van der Waals surface area contributed by atoms with Crippen LogP contribution in [0.1, 0.15) is 57.1 Å². The van der Waals surface area contributed by atoms with Gasteiger partial charge in [0.2, 0.25) is 0 Å². The fourth-order valence-corrected chi connectivity index (χ4v) is 5.69. The topological polar surface area (TPSA) is 30.7 Å². The van der Waals surface area contributed by atoms with Gasteiger partial charge in [0, 0.05) is 18.4 Å². The van der Waals surface area contributed by atoms with Crippen LogP contribution < -0.4 is 0 Å². The standard InChI is InChI=1S/C17H25N3/c1-3-5-20-15(4-2)18-19-16(20)17-9-12-6-13(10-17)8-14(7-12)11-17/h3,12-14H,1,4-11H2,2H3. The number of allylic oxidation sites excluding steroid dienone is 1. The van der Waals surface area contributed by atoms with Crippen molar-refractivity contribution in [1.82, 2.24) is 14.8 Å². The second kappa shape index (κ2) is 4.44. The molecule has 0 spiro atoms. The lowest BCUT2D eigenvalue weighted by Crippen LogP contribution is -2.49.